The number of hydrogen-bond acceptors (Lipinski definition) is 4. The van der Waals surface area contributed by atoms with Gasteiger partial charge in [-0.05, 0) is 23.1 Å². The SMILES string of the molecule is C=CCn1c(SCC(=O)Nc2cc(F)ccc2F)nnc1-c1ccc(C(C)(C)C)cc1. The van der Waals surface area contributed by atoms with Gasteiger partial charge in [0.1, 0.15) is 11.6 Å². The molecule has 0 saturated carbocycles. The van der Waals surface area contributed by atoms with Crippen molar-refractivity contribution >= 4 is 23.4 Å². The number of benzene rings is 2. The number of halogens is 2. The van der Waals surface area contributed by atoms with Gasteiger partial charge in [-0.2, -0.15) is 0 Å². The standard InChI is InChI=1S/C23H24F2N4OS/c1-5-12-29-21(15-6-8-16(9-7-15)23(2,3)4)27-28-22(29)31-14-20(30)26-19-13-17(24)10-11-18(19)25/h5-11,13H,1,12,14H2,2-4H3,(H,26,30). The van der Waals surface area contributed by atoms with Crippen LogP contribution in [0.1, 0.15) is 26.3 Å². The highest BCUT2D eigenvalue weighted by molar-refractivity contribution is 7.99. The first-order valence-electron chi connectivity index (χ1n) is 9.71. The quantitative estimate of drug-likeness (QED) is 0.391. The highest BCUT2D eigenvalue weighted by Crippen LogP contribution is 2.28. The number of allylic oxidation sites excluding steroid dienone is 1. The minimum Gasteiger partial charge on any atom is -0.323 e. The average Bonchev–Trinajstić information content (AvgIpc) is 3.11. The normalized spacial score (nSPS) is 11.4. The first kappa shape index (κ1) is 22.7. The number of amides is 1. The molecule has 5 nitrogen and oxygen atoms in total. The number of anilines is 1. The smallest absolute Gasteiger partial charge is 0.234 e. The van der Waals surface area contributed by atoms with Gasteiger partial charge in [-0.3, -0.25) is 9.36 Å². The van der Waals surface area contributed by atoms with Gasteiger partial charge in [0.15, 0.2) is 11.0 Å². The summed E-state index contributed by atoms with van der Waals surface area (Å²) in [6.07, 6.45) is 1.72. The van der Waals surface area contributed by atoms with E-state index in [0.29, 0.717) is 17.5 Å². The summed E-state index contributed by atoms with van der Waals surface area (Å²) >= 11 is 1.16. The molecular formula is C23H24F2N4OS. The Morgan fingerprint density at radius 1 is 1.16 bits per heavy atom. The molecule has 2 aromatic carbocycles. The maximum absolute atomic E-state index is 13.7. The summed E-state index contributed by atoms with van der Waals surface area (Å²) in [6.45, 7) is 10.7. The Balaban J connectivity index is 1.75. The third kappa shape index (κ3) is 5.58. The molecule has 1 N–H and O–H groups in total. The molecule has 8 heteroatoms. The summed E-state index contributed by atoms with van der Waals surface area (Å²) in [5, 5.41) is 11.4. The van der Waals surface area contributed by atoms with Crippen molar-refractivity contribution < 1.29 is 13.6 Å². The van der Waals surface area contributed by atoms with Gasteiger partial charge in [0, 0.05) is 18.2 Å². The maximum Gasteiger partial charge on any atom is 0.234 e. The minimum absolute atomic E-state index is 0.0335. The number of carbonyl (C=O) groups excluding carboxylic acids is 1. The second kappa shape index (κ2) is 9.43. The Kier molecular flexibility index (Phi) is 6.90. The van der Waals surface area contributed by atoms with E-state index in [1.165, 1.54) is 5.56 Å². The van der Waals surface area contributed by atoms with E-state index in [2.05, 4.69) is 55.0 Å². The molecule has 3 rings (SSSR count). The van der Waals surface area contributed by atoms with Crippen LogP contribution in [-0.2, 0) is 16.8 Å². The molecule has 0 unspecified atom stereocenters. The highest BCUT2D eigenvalue weighted by atomic mass is 32.2. The molecule has 0 spiro atoms. The third-order valence-electron chi connectivity index (χ3n) is 4.57. The Labute approximate surface area is 184 Å². The van der Waals surface area contributed by atoms with Gasteiger partial charge in [0.25, 0.3) is 0 Å². The van der Waals surface area contributed by atoms with Crippen LogP contribution in [0.3, 0.4) is 0 Å². The molecule has 0 atom stereocenters. The number of hydrogen-bond donors (Lipinski definition) is 1. The molecule has 0 aliphatic rings. The molecule has 0 radical (unpaired) electrons. The first-order valence-corrected chi connectivity index (χ1v) is 10.7. The van der Waals surface area contributed by atoms with E-state index < -0.39 is 17.5 Å². The zero-order valence-corrected chi connectivity index (χ0v) is 18.5. The number of nitrogens with zero attached hydrogens (tertiary/aromatic N) is 3. The van der Waals surface area contributed by atoms with Crippen LogP contribution in [0, 0.1) is 11.6 Å². The molecule has 0 aliphatic carbocycles. The van der Waals surface area contributed by atoms with Crippen LogP contribution < -0.4 is 5.32 Å². The predicted molar refractivity (Wildman–Crippen MR) is 120 cm³/mol. The maximum atomic E-state index is 13.7. The van der Waals surface area contributed by atoms with Crippen molar-refractivity contribution in [3.05, 3.63) is 72.3 Å². The van der Waals surface area contributed by atoms with E-state index in [-0.39, 0.29) is 16.9 Å². The highest BCUT2D eigenvalue weighted by Gasteiger charge is 2.18. The molecule has 3 aromatic rings. The van der Waals surface area contributed by atoms with Crippen LogP contribution in [0.15, 0.2) is 60.3 Å². The lowest BCUT2D eigenvalue weighted by atomic mass is 9.87. The van der Waals surface area contributed by atoms with Crippen molar-refractivity contribution in [2.24, 2.45) is 0 Å². The fourth-order valence-electron chi connectivity index (χ4n) is 2.93. The second-order valence-electron chi connectivity index (χ2n) is 7.99. The topological polar surface area (TPSA) is 59.8 Å². The number of aromatic nitrogens is 3. The second-order valence-corrected chi connectivity index (χ2v) is 8.94. The zero-order valence-electron chi connectivity index (χ0n) is 17.7. The average molecular weight is 443 g/mol. The molecule has 0 bridgehead atoms. The molecule has 1 heterocycles. The van der Waals surface area contributed by atoms with Gasteiger partial charge in [-0.25, -0.2) is 8.78 Å². The van der Waals surface area contributed by atoms with E-state index in [4.69, 9.17) is 0 Å². The molecule has 162 valence electrons. The van der Waals surface area contributed by atoms with Crippen molar-refractivity contribution in [1.29, 1.82) is 0 Å². The minimum atomic E-state index is -0.699. The number of nitrogens with one attached hydrogen (secondary N) is 1. The number of carbonyl (C=O) groups is 1. The Bertz CT molecular complexity index is 1090. The van der Waals surface area contributed by atoms with E-state index in [1.54, 1.807) is 6.08 Å². The largest absolute Gasteiger partial charge is 0.323 e. The summed E-state index contributed by atoms with van der Waals surface area (Å²) in [5.74, 6) is -1.17. The van der Waals surface area contributed by atoms with Crippen molar-refractivity contribution in [3.8, 4) is 11.4 Å². The summed E-state index contributed by atoms with van der Waals surface area (Å²) in [5.41, 5.74) is 1.96. The van der Waals surface area contributed by atoms with E-state index in [1.807, 2.05) is 16.7 Å². The van der Waals surface area contributed by atoms with Gasteiger partial charge in [0.2, 0.25) is 5.91 Å². The zero-order chi connectivity index (χ0) is 22.6. The lowest BCUT2D eigenvalue weighted by Gasteiger charge is -2.19. The van der Waals surface area contributed by atoms with Gasteiger partial charge >= 0.3 is 0 Å². The molecule has 31 heavy (non-hydrogen) atoms. The monoisotopic (exact) mass is 442 g/mol. The lowest BCUT2D eigenvalue weighted by molar-refractivity contribution is -0.113. The van der Waals surface area contributed by atoms with Crippen LogP contribution in [-0.4, -0.2) is 26.4 Å². The van der Waals surface area contributed by atoms with E-state index >= 15 is 0 Å². The van der Waals surface area contributed by atoms with Crippen LogP contribution in [0.2, 0.25) is 0 Å². The van der Waals surface area contributed by atoms with Crippen LogP contribution in [0.4, 0.5) is 14.5 Å². The van der Waals surface area contributed by atoms with Crippen molar-refractivity contribution in [3.63, 3.8) is 0 Å². The predicted octanol–water partition coefficient (Wildman–Crippen LogP) is 5.44. The van der Waals surface area contributed by atoms with Crippen LogP contribution >= 0.6 is 11.8 Å². The van der Waals surface area contributed by atoms with Crippen molar-refractivity contribution in [2.45, 2.75) is 37.9 Å². The van der Waals surface area contributed by atoms with Crippen molar-refractivity contribution in [2.75, 3.05) is 11.1 Å². The van der Waals surface area contributed by atoms with Crippen LogP contribution in [0.25, 0.3) is 11.4 Å². The fraction of sp³-hybridized carbons (Fsp3) is 0.261. The first-order chi connectivity index (χ1) is 14.7. The van der Waals surface area contributed by atoms with Gasteiger partial charge in [-0.15, -0.1) is 16.8 Å². The summed E-state index contributed by atoms with van der Waals surface area (Å²) in [7, 11) is 0. The molecular weight excluding hydrogens is 418 g/mol. The van der Waals surface area contributed by atoms with Crippen molar-refractivity contribution in [1.82, 2.24) is 14.8 Å². The van der Waals surface area contributed by atoms with Gasteiger partial charge < -0.3 is 5.32 Å². The van der Waals surface area contributed by atoms with E-state index in [9.17, 15) is 13.6 Å². The lowest BCUT2D eigenvalue weighted by Crippen LogP contribution is -2.16. The molecule has 0 saturated heterocycles. The van der Waals surface area contributed by atoms with Crippen LogP contribution in [0.5, 0.6) is 0 Å². The summed E-state index contributed by atoms with van der Waals surface area (Å²) in [4.78, 5) is 12.2. The molecule has 0 aliphatic heterocycles. The van der Waals surface area contributed by atoms with Gasteiger partial charge in [0.05, 0.1) is 11.4 Å². The number of thioether (sulfide) groups is 1. The Morgan fingerprint density at radius 3 is 2.52 bits per heavy atom. The molecule has 1 aromatic heterocycles. The Morgan fingerprint density at radius 2 is 1.87 bits per heavy atom. The molecule has 0 fully saturated rings. The van der Waals surface area contributed by atoms with Gasteiger partial charge in [-0.1, -0.05) is 62.9 Å². The summed E-state index contributed by atoms with van der Waals surface area (Å²) in [6, 6.07) is 11.0. The third-order valence-corrected chi connectivity index (χ3v) is 5.54. The number of rotatable bonds is 7. The fourth-order valence-corrected chi connectivity index (χ4v) is 3.68. The summed E-state index contributed by atoms with van der Waals surface area (Å²) < 4.78 is 28.9. The van der Waals surface area contributed by atoms with E-state index in [0.717, 1.165) is 35.5 Å². The Hall–Kier alpha value is -3.00. The molecule has 1 amide bonds.